The van der Waals surface area contributed by atoms with Gasteiger partial charge in [0.25, 0.3) is 5.91 Å². The van der Waals surface area contributed by atoms with E-state index in [2.05, 4.69) is 0 Å². The lowest BCUT2D eigenvalue weighted by atomic mass is 10.2. The molecule has 6 heteroatoms. The van der Waals surface area contributed by atoms with Crippen LogP contribution in [0.3, 0.4) is 0 Å². The van der Waals surface area contributed by atoms with Gasteiger partial charge in [0.15, 0.2) is 11.0 Å². The van der Waals surface area contributed by atoms with Gasteiger partial charge >= 0.3 is 5.97 Å². The maximum Gasteiger partial charge on any atom is 0.305 e. The molecule has 0 saturated heterocycles. The van der Waals surface area contributed by atoms with Crippen molar-refractivity contribution < 1.29 is 19.1 Å². The number of amides is 1. The Morgan fingerprint density at radius 3 is 2.38 bits per heavy atom. The summed E-state index contributed by atoms with van der Waals surface area (Å²) in [6, 6.07) is 10.2. The fourth-order valence-corrected chi connectivity index (χ4v) is 1.99. The van der Waals surface area contributed by atoms with Crippen molar-refractivity contribution in [3.8, 4) is 0 Å². The molecule has 0 bridgehead atoms. The summed E-state index contributed by atoms with van der Waals surface area (Å²) in [6.07, 6.45) is -0.159. The third-order valence-electron chi connectivity index (χ3n) is 2.92. The number of carboxylic acid groups (broad SMARTS) is 1. The summed E-state index contributed by atoms with van der Waals surface area (Å²) < 4.78 is 5.11. The highest BCUT2D eigenvalue weighted by atomic mass is 35.5. The van der Waals surface area contributed by atoms with Gasteiger partial charge in [0, 0.05) is 12.2 Å². The second-order valence-electron chi connectivity index (χ2n) is 4.54. The zero-order valence-corrected chi connectivity index (χ0v) is 12.1. The SMILES string of the molecule is Cc1ccc(N(CCC(=O)O)C(=O)c2ccc(Cl)o2)cc1. The van der Waals surface area contributed by atoms with E-state index in [9.17, 15) is 9.59 Å². The lowest BCUT2D eigenvalue weighted by Gasteiger charge is -2.21. The van der Waals surface area contributed by atoms with Gasteiger partial charge in [-0.2, -0.15) is 0 Å². The monoisotopic (exact) mass is 307 g/mol. The van der Waals surface area contributed by atoms with Gasteiger partial charge in [0.05, 0.1) is 6.42 Å². The average molecular weight is 308 g/mol. The molecule has 1 amide bonds. The van der Waals surface area contributed by atoms with Gasteiger partial charge in [-0.25, -0.2) is 0 Å². The molecule has 1 N–H and O–H groups in total. The molecule has 2 rings (SSSR count). The van der Waals surface area contributed by atoms with Gasteiger partial charge in [-0.3, -0.25) is 9.59 Å². The maximum absolute atomic E-state index is 12.4. The first-order valence-corrected chi connectivity index (χ1v) is 6.71. The Balaban J connectivity index is 2.28. The zero-order valence-electron chi connectivity index (χ0n) is 11.4. The number of aryl methyl sites for hydroxylation is 1. The lowest BCUT2D eigenvalue weighted by Crippen LogP contribution is -2.32. The van der Waals surface area contributed by atoms with Crippen LogP contribution in [0.2, 0.25) is 5.22 Å². The number of carbonyl (C=O) groups is 2. The lowest BCUT2D eigenvalue weighted by molar-refractivity contribution is -0.136. The molecule has 0 radical (unpaired) electrons. The van der Waals surface area contributed by atoms with Crippen molar-refractivity contribution in [3.63, 3.8) is 0 Å². The number of hydrogen-bond acceptors (Lipinski definition) is 3. The predicted octanol–water partition coefficient (Wildman–Crippen LogP) is 3.36. The molecule has 0 aliphatic rings. The molecular weight excluding hydrogens is 294 g/mol. The van der Waals surface area contributed by atoms with Crippen molar-refractivity contribution >= 4 is 29.2 Å². The number of carbonyl (C=O) groups excluding carboxylic acids is 1. The van der Waals surface area contributed by atoms with Gasteiger partial charge in [0.2, 0.25) is 0 Å². The van der Waals surface area contributed by atoms with Crippen molar-refractivity contribution in [2.45, 2.75) is 13.3 Å². The summed E-state index contributed by atoms with van der Waals surface area (Å²) in [5.41, 5.74) is 1.66. The molecule has 0 fully saturated rings. The highest BCUT2D eigenvalue weighted by molar-refractivity contribution is 6.29. The minimum atomic E-state index is -0.975. The molecule has 1 heterocycles. The Hall–Kier alpha value is -2.27. The van der Waals surface area contributed by atoms with E-state index in [1.54, 1.807) is 12.1 Å². The standard InChI is InChI=1S/C15H14ClNO4/c1-10-2-4-11(5-3-10)17(9-8-14(18)19)15(20)12-6-7-13(16)21-12/h2-7H,8-9H2,1H3,(H,18,19). The number of aliphatic carboxylic acids is 1. The summed E-state index contributed by atoms with van der Waals surface area (Å²) in [5, 5.41) is 8.94. The number of rotatable bonds is 5. The molecule has 0 atom stereocenters. The van der Waals surface area contributed by atoms with Gasteiger partial charge < -0.3 is 14.4 Å². The first-order valence-electron chi connectivity index (χ1n) is 6.33. The molecular formula is C15H14ClNO4. The van der Waals surface area contributed by atoms with Crippen molar-refractivity contribution in [2.75, 3.05) is 11.4 Å². The van der Waals surface area contributed by atoms with Crippen molar-refractivity contribution in [2.24, 2.45) is 0 Å². The van der Waals surface area contributed by atoms with E-state index in [1.165, 1.54) is 17.0 Å². The van der Waals surface area contributed by atoms with Gasteiger partial charge in [-0.05, 0) is 42.8 Å². The Bertz CT molecular complexity index is 648. The highest BCUT2D eigenvalue weighted by Gasteiger charge is 2.21. The van der Waals surface area contributed by atoms with Crippen LogP contribution in [0.5, 0.6) is 0 Å². The smallest absolute Gasteiger partial charge is 0.305 e. The van der Waals surface area contributed by atoms with E-state index in [0.29, 0.717) is 5.69 Å². The molecule has 0 saturated carbocycles. The molecule has 0 unspecified atom stereocenters. The third kappa shape index (κ3) is 3.86. The maximum atomic E-state index is 12.4. The van der Waals surface area contributed by atoms with Crippen LogP contribution in [0.25, 0.3) is 0 Å². The molecule has 0 spiro atoms. The Kier molecular flexibility index (Phi) is 4.65. The van der Waals surface area contributed by atoms with E-state index >= 15 is 0 Å². The molecule has 1 aromatic carbocycles. The van der Waals surface area contributed by atoms with Gasteiger partial charge in [0.1, 0.15) is 0 Å². The second kappa shape index (κ2) is 6.45. The average Bonchev–Trinajstić information content (AvgIpc) is 2.87. The molecule has 0 aliphatic heterocycles. The summed E-state index contributed by atoms with van der Waals surface area (Å²) in [7, 11) is 0. The minimum absolute atomic E-state index is 0.0511. The van der Waals surface area contributed by atoms with Crippen molar-refractivity contribution in [3.05, 3.63) is 52.9 Å². The number of nitrogens with zero attached hydrogens (tertiary/aromatic N) is 1. The number of hydrogen-bond donors (Lipinski definition) is 1. The number of benzene rings is 1. The van der Waals surface area contributed by atoms with E-state index in [1.807, 2.05) is 19.1 Å². The predicted molar refractivity (Wildman–Crippen MR) is 78.8 cm³/mol. The van der Waals surface area contributed by atoms with Crippen LogP contribution in [-0.4, -0.2) is 23.5 Å². The van der Waals surface area contributed by atoms with E-state index in [4.69, 9.17) is 21.1 Å². The number of anilines is 1. The first-order chi connectivity index (χ1) is 9.97. The highest BCUT2D eigenvalue weighted by Crippen LogP contribution is 2.21. The summed E-state index contributed by atoms with van der Waals surface area (Å²) in [5.74, 6) is -1.32. The topological polar surface area (TPSA) is 70.8 Å². The van der Waals surface area contributed by atoms with E-state index in [-0.39, 0.29) is 23.9 Å². The molecule has 2 aromatic rings. The summed E-state index contributed by atoms with van der Waals surface area (Å²) in [6.45, 7) is 1.98. The van der Waals surface area contributed by atoms with Crippen molar-refractivity contribution in [1.82, 2.24) is 0 Å². The molecule has 1 aromatic heterocycles. The molecule has 5 nitrogen and oxygen atoms in total. The molecule has 21 heavy (non-hydrogen) atoms. The largest absolute Gasteiger partial charge is 0.481 e. The Labute approximate surface area is 126 Å². The van der Waals surface area contributed by atoms with Crippen LogP contribution in [-0.2, 0) is 4.79 Å². The number of furan rings is 1. The second-order valence-corrected chi connectivity index (χ2v) is 4.91. The van der Waals surface area contributed by atoms with Crippen LogP contribution in [0, 0.1) is 6.92 Å². The van der Waals surface area contributed by atoms with E-state index < -0.39 is 11.9 Å². The normalized spacial score (nSPS) is 10.4. The minimum Gasteiger partial charge on any atom is -0.481 e. The Morgan fingerprint density at radius 2 is 1.86 bits per heavy atom. The number of halogens is 1. The van der Waals surface area contributed by atoms with Crippen LogP contribution in [0.15, 0.2) is 40.8 Å². The fraction of sp³-hybridized carbons (Fsp3) is 0.200. The molecule has 0 aliphatic carbocycles. The Morgan fingerprint density at radius 1 is 1.19 bits per heavy atom. The van der Waals surface area contributed by atoms with E-state index in [0.717, 1.165) is 5.56 Å². The summed E-state index contributed by atoms with van der Waals surface area (Å²) >= 11 is 5.67. The summed E-state index contributed by atoms with van der Waals surface area (Å²) in [4.78, 5) is 24.6. The van der Waals surface area contributed by atoms with Crippen LogP contribution < -0.4 is 4.90 Å². The third-order valence-corrected chi connectivity index (χ3v) is 3.13. The molecule has 110 valence electrons. The number of carboxylic acids is 1. The van der Waals surface area contributed by atoms with Gasteiger partial charge in [-0.15, -0.1) is 0 Å². The van der Waals surface area contributed by atoms with Crippen molar-refractivity contribution in [1.29, 1.82) is 0 Å². The zero-order chi connectivity index (χ0) is 15.4. The quantitative estimate of drug-likeness (QED) is 0.919. The van der Waals surface area contributed by atoms with Gasteiger partial charge in [-0.1, -0.05) is 17.7 Å². The van der Waals surface area contributed by atoms with Crippen LogP contribution in [0.4, 0.5) is 5.69 Å². The van der Waals surface area contributed by atoms with Crippen LogP contribution in [0.1, 0.15) is 22.5 Å². The fourth-order valence-electron chi connectivity index (χ4n) is 1.84. The first kappa shape index (κ1) is 15.1. The van der Waals surface area contributed by atoms with Crippen LogP contribution >= 0.6 is 11.6 Å².